The molecule has 6 rings (SSSR count). The molecule has 2 aromatic rings. The molecule has 2 saturated heterocycles. The summed E-state index contributed by atoms with van der Waals surface area (Å²) in [6, 6.07) is 13.5. The monoisotopic (exact) mass is 815 g/mol. The first kappa shape index (κ1) is 48.3. The molecule has 2 aromatic carbocycles. The number of amides is 4. The van der Waals surface area contributed by atoms with Crippen molar-refractivity contribution in [2.24, 2.45) is 0 Å². The van der Waals surface area contributed by atoms with Gasteiger partial charge in [-0.2, -0.15) is 0 Å². The second-order valence-electron chi connectivity index (χ2n) is 12.4. The van der Waals surface area contributed by atoms with E-state index in [1.807, 2.05) is 0 Å². The first-order valence-electron chi connectivity index (χ1n) is 19.6. The van der Waals surface area contributed by atoms with Gasteiger partial charge in [0.25, 0.3) is 11.8 Å². The Morgan fingerprint density at radius 3 is 1.45 bits per heavy atom. The summed E-state index contributed by atoms with van der Waals surface area (Å²) in [4.78, 5) is 47.4. The van der Waals surface area contributed by atoms with Crippen molar-refractivity contribution in [1.82, 2.24) is 4.90 Å². The van der Waals surface area contributed by atoms with Gasteiger partial charge in [-0.3, -0.25) is 18.9 Å². The van der Waals surface area contributed by atoms with Crippen LogP contribution >= 0.6 is 0 Å². The minimum Gasteiger partial charge on any atom is -0.587 e. The van der Waals surface area contributed by atoms with Crippen LogP contribution < -0.4 is 51.4 Å². The van der Waals surface area contributed by atoms with Gasteiger partial charge in [-0.25, -0.2) is 0 Å². The number of carbonyl (C=O) groups excluding carboxylic acids is 4. The average Bonchev–Trinajstić information content (AvgIpc) is 3.66. The van der Waals surface area contributed by atoms with Gasteiger partial charge in [0, 0.05) is 30.9 Å². The molecular weight excluding hydrogens is 759 g/mol. The zero-order chi connectivity index (χ0) is 40.2. The first-order valence-corrected chi connectivity index (χ1v) is 18.9. The number of fused-ring (bicyclic) bond motifs is 2. The minimum atomic E-state index is -1.00. The quantitative estimate of drug-likeness (QED) is 0.116. The van der Waals surface area contributed by atoms with Crippen LogP contribution in [0.25, 0.3) is 5.32 Å². The first-order chi connectivity index (χ1) is 27.4. The summed E-state index contributed by atoms with van der Waals surface area (Å²) in [6.07, 6.45) is 7.53. The van der Waals surface area contributed by atoms with Crippen LogP contribution in [-0.2, 0) is 37.9 Å². The topological polar surface area (TPSA) is 159 Å². The van der Waals surface area contributed by atoms with Crippen LogP contribution in [0.1, 0.15) is 94.7 Å². The van der Waals surface area contributed by atoms with Crippen molar-refractivity contribution in [2.75, 3.05) is 93.0 Å². The van der Waals surface area contributed by atoms with E-state index in [4.69, 9.17) is 39.3 Å². The van der Waals surface area contributed by atoms with Crippen molar-refractivity contribution in [3.05, 3.63) is 76.1 Å². The number of carbonyl (C=O) groups is 4. The van der Waals surface area contributed by atoms with Crippen LogP contribution in [0.2, 0.25) is 0 Å². The molecule has 2 atom stereocenters. The van der Waals surface area contributed by atoms with E-state index in [0.717, 1.165) is 58.3 Å². The number of nitrogens with zero attached hydrogens (tertiary/aromatic N) is 2. The molecule has 4 amide bonds. The summed E-state index contributed by atoms with van der Waals surface area (Å²) in [5.41, 5.74) is 1.75. The Morgan fingerprint density at radius 1 is 0.643 bits per heavy atom. The number of hydrogen-bond acceptors (Lipinski definition) is 12. The summed E-state index contributed by atoms with van der Waals surface area (Å²) in [7, 11) is -1.00. The Labute approximate surface area is 373 Å². The van der Waals surface area contributed by atoms with Gasteiger partial charge in [0.2, 0.25) is 0 Å². The van der Waals surface area contributed by atoms with Crippen LogP contribution in [0.3, 0.4) is 0 Å². The summed E-state index contributed by atoms with van der Waals surface area (Å²) in [6.45, 7) is 9.44. The van der Waals surface area contributed by atoms with Crippen molar-refractivity contribution in [3.8, 4) is 0 Å². The van der Waals surface area contributed by atoms with Crippen LogP contribution in [0.15, 0.2) is 48.5 Å². The van der Waals surface area contributed by atoms with Crippen molar-refractivity contribution < 1.29 is 114 Å². The SMILES string of the molecule is CCCOCCOCCOC1CCCCO1.O=C1[N-]C(=O)c2ccccc21.O=C1c2ccccc2C(=O)N1CCOCCOCCOC1CCCCO1.[2H]CF.[K+]. The Kier molecular flexibility index (Phi) is 26.7. The van der Waals surface area contributed by atoms with Crippen molar-refractivity contribution in [2.45, 2.75) is 64.4 Å². The van der Waals surface area contributed by atoms with E-state index in [2.05, 4.69) is 12.2 Å². The second kappa shape index (κ2) is 31.0. The zero-order valence-electron chi connectivity index (χ0n) is 33.8. The summed E-state index contributed by atoms with van der Waals surface area (Å²) >= 11 is 0. The Hall–Kier alpha value is -2.03. The predicted molar refractivity (Wildman–Crippen MR) is 200 cm³/mol. The fraction of sp³-hybridized carbons (Fsp3) is 0.600. The summed E-state index contributed by atoms with van der Waals surface area (Å²) in [5.74, 6) is -1.36. The van der Waals surface area contributed by atoms with Gasteiger partial charge in [-0.1, -0.05) is 43.3 Å². The third-order valence-electron chi connectivity index (χ3n) is 8.36. The number of benzene rings is 2. The van der Waals surface area contributed by atoms with Gasteiger partial charge >= 0.3 is 51.4 Å². The third kappa shape index (κ3) is 18.3. The molecule has 306 valence electrons. The van der Waals surface area contributed by atoms with Crippen molar-refractivity contribution in [3.63, 3.8) is 0 Å². The summed E-state index contributed by atoms with van der Waals surface area (Å²) in [5, 5.41) is 3.28. The number of hydrogen-bond donors (Lipinski definition) is 0. The fourth-order valence-corrected chi connectivity index (χ4v) is 5.62. The molecule has 56 heavy (non-hydrogen) atoms. The normalized spacial score (nSPS) is 18.5. The molecule has 0 bridgehead atoms. The maximum Gasteiger partial charge on any atom is 1.00 e. The number of imide groups is 2. The van der Waals surface area contributed by atoms with Gasteiger partial charge in [0.1, 0.15) is 0 Å². The van der Waals surface area contributed by atoms with Gasteiger partial charge in [0.05, 0.1) is 97.5 Å². The number of rotatable bonds is 19. The molecule has 0 saturated carbocycles. The smallest absolute Gasteiger partial charge is 0.587 e. The van der Waals surface area contributed by atoms with E-state index in [9.17, 15) is 23.6 Å². The molecule has 2 fully saturated rings. The molecule has 0 N–H and O–H groups in total. The Morgan fingerprint density at radius 2 is 1.04 bits per heavy atom. The van der Waals surface area contributed by atoms with E-state index < -0.39 is 19.0 Å². The van der Waals surface area contributed by atoms with Gasteiger partial charge < -0.3 is 52.8 Å². The second-order valence-corrected chi connectivity index (χ2v) is 12.4. The van der Waals surface area contributed by atoms with Gasteiger partial charge in [-0.05, 0) is 57.1 Å². The van der Waals surface area contributed by atoms with Crippen LogP contribution in [-0.4, -0.2) is 134 Å². The molecule has 4 heterocycles. The van der Waals surface area contributed by atoms with E-state index in [1.54, 1.807) is 48.5 Å². The van der Waals surface area contributed by atoms with Gasteiger partial charge in [0.15, 0.2) is 12.6 Å². The largest absolute Gasteiger partial charge is 1.00 e. The van der Waals surface area contributed by atoms with E-state index in [-0.39, 0.29) is 82.3 Å². The predicted octanol–water partition coefficient (Wildman–Crippen LogP) is 2.78. The molecule has 4 aliphatic rings. The van der Waals surface area contributed by atoms with Crippen molar-refractivity contribution >= 4 is 23.6 Å². The molecule has 16 heteroatoms. The van der Waals surface area contributed by atoms with Crippen LogP contribution in [0.5, 0.6) is 0 Å². The summed E-state index contributed by atoms with van der Waals surface area (Å²) < 4.78 is 59.0. The molecule has 4 aliphatic heterocycles. The fourth-order valence-electron chi connectivity index (χ4n) is 5.62. The molecule has 2 unspecified atom stereocenters. The van der Waals surface area contributed by atoms with E-state index in [0.29, 0.717) is 81.7 Å². The number of halogens is 1. The Bertz CT molecular complexity index is 1380. The number of ether oxygens (including phenoxy) is 8. The van der Waals surface area contributed by atoms with Crippen LogP contribution in [0.4, 0.5) is 4.39 Å². The average molecular weight is 816 g/mol. The molecule has 0 spiro atoms. The molecule has 14 nitrogen and oxygen atoms in total. The van der Waals surface area contributed by atoms with E-state index in [1.165, 1.54) is 11.3 Å². The van der Waals surface area contributed by atoms with E-state index >= 15 is 0 Å². The standard InChI is InChI=1S/C19H25NO6.C12H24O4.C8H5NO2.CH3F.K/c21-18-15-5-1-2-6-16(15)19(22)20(18)8-10-23-11-12-24-13-14-26-17-7-3-4-9-25-17;1-2-6-13-8-9-14-10-11-16-12-5-3-4-7-15-12;10-7-5-3-1-2-4-6(5)8(11)9-7;1-2;/h1-2,5-6,17H,3-4,7-14H2;12H,2-11H2,1H3;1-4H,(H,9,10,11);1H3;/q;;;;+1/p-1/i;;;1D;. The Balaban J connectivity index is 0.000000308. The molecule has 0 radical (unpaired) electrons. The number of alkyl halides is 1. The minimum absolute atomic E-state index is 0. The molecule has 0 aromatic heterocycles. The molecule has 0 aliphatic carbocycles. The maximum atomic E-state index is 12.2. The van der Waals surface area contributed by atoms with Gasteiger partial charge in [-0.15, -0.1) is 0 Å². The van der Waals surface area contributed by atoms with Crippen molar-refractivity contribution in [1.29, 1.82) is 0 Å². The maximum absolute atomic E-state index is 12.2. The van der Waals surface area contributed by atoms with Crippen LogP contribution in [0, 0.1) is 0 Å². The zero-order valence-corrected chi connectivity index (χ0v) is 35.9. The molecular formula is C40H56FKN2O12. The third-order valence-corrected chi connectivity index (χ3v) is 8.36.